The fourth-order valence-electron chi connectivity index (χ4n) is 1.92. The second-order valence-corrected chi connectivity index (χ2v) is 5.04. The molecule has 0 atom stereocenters. The van der Waals surface area contributed by atoms with Gasteiger partial charge in [-0.3, -0.25) is 0 Å². The van der Waals surface area contributed by atoms with Gasteiger partial charge in [-0.1, -0.05) is 44.2 Å². The molecule has 4 heteroatoms. The average Bonchev–Trinajstić information content (AvgIpc) is 2.73. The average molecular weight is 231 g/mol. The van der Waals surface area contributed by atoms with E-state index in [0.29, 0.717) is 5.69 Å². The number of aliphatic hydroxyl groups excluding tert-OH is 1. The third kappa shape index (κ3) is 2.22. The lowest BCUT2D eigenvalue weighted by Gasteiger charge is -2.20. The van der Waals surface area contributed by atoms with E-state index in [-0.39, 0.29) is 12.0 Å². The van der Waals surface area contributed by atoms with Gasteiger partial charge in [0, 0.05) is 5.41 Å². The van der Waals surface area contributed by atoms with E-state index in [1.165, 1.54) is 0 Å². The first-order valence-corrected chi connectivity index (χ1v) is 5.65. The highest BCUT2D eigenvalue weighted by molar-refractivity contribution is 5.35. The molecule has 90 valence electrons. The summed E-state index contributed by atoms with van der Waals surface area (Å²) in [5.41, 5.74) is 2.44. The molecule has 0 amide bonds. The molecular formula is C13H17N3O. The molecule has 2 rings (SSSR count). The lowest BCUT2D eigenvalue weighted by atomic mass is 9.90. The maximum absolute atomic E-state index is 9.33. The molecular weight excluding hydrogens is 214 g/mol. The Bertz CT molecular complexity index is 497. The Morgan fingerprint density at radius 2 is 1.82 bits per heavy atom. The van der Waals surface area contributed by atoms with Crippen molar-refractivity contribution in [3.63, 3.8) is 0 Å². The monoisotopic (exact) mass is 231 g/mol. The van der Waals surface area contributed by atoms with Crippen molar-refractivity contribution in [2.45, 2.75) is 32.8 Å². The van der Waals surface area contributed by atoms with Gasteiger partial charge >= 0.3 is 0 Å². The summed E-state index contributed by atoms with van der Waals surface area (Å²) < 4.78 is 1.80. The minimum Gasteiger partial charge on any atom is -0.390 e. The minimum atomic E-state index is -0.114. The quantitative estimate of drug-likeness (QED) is 0.860. The highest BCUT2D eigenvalue weighted by atomic mass is 16.3. The molecule has 1 heterocycles. The molecule has 2 aromatic rings. The Hall–Kier alpha value is -1.68. The Kier molecular flexibility index (Phi) is 2.98. The Morgan fingerprint density at radius 1 is 1.18 bits per heavy atom. The molecule has 0 aliphatic carbocycles. The zero-order valence-electron chi connectivity index (χ0n) is 10.4. The van der Waals surface area contributed by atoms with E-state index in [1.807, 2.05) is 30.3 Å². The van der Waals surface area contributed by atoms with E-state index in [9.17, 15) is 5.11 Å². The van der Waals surface area contributed by atoms with Gasteiger partial charge in [0.25, 0.3) is 0 Å². The second kappa shape index (κ2) is 4.30. The molecule has 1 aromatic carbocycles. The predicted molar refractivity (Wildman–Crippen MR) is 66.0 cm³/mol. The van der Waals surface area contributed by atoms with Crippen LogP contribution in [0.5, 0.6) is 0 Å². The van der Waals surface area contributed by atoms with Crippen molar-refractivity contribution in [3.8, 4) is 5.69 Å². The number of benzene rings is 1. The highest BCUT2D eigenvalue weighted by Crippen LogP contribution is 2.26. The van der Waals surface area contributed by atoms with Gasteiger partial charge in [0.05, 0.1) is 18.0 Å². The van der Waals surface area contributed by atoms with Crippen LogP contribution in [0, 0.1) is 0 Å². The summed E-state index contributed by atoms with van der Waals surface area (Å²) in [6.07, 6.45) is 0. The number of aliphatic hydroxyl groups is 1. The molecule has 0 unspecified atom stereocenters. The largest absolute Gasteiger partial charge is 0.390 e. The second-order valence-electron chi connectivity index (χ2n) is 5.04. The summed E-state index contributed by atoms with van der Waals surface area (Å²) in [6.45, 7) is 6.18. The van der Waals surface area contributed by atoms with Crippen molar-refractivity contribution in [3.05, 3.63) is 41.7 Å². The van der Waals surface area contributed by atoms with Crippen LogP contribution in [0.1, 0.15) is 32.2 Å². The van der Waals surface area contributed by atoms with Gasteiger partial charge in [-0.25, -0.2) is 4.68 Å². The van der Waals surface area contributed by atoms with Gasteiger partial charge in [0.1, 0.15) is 5.69 Å². The normalized spacial score (nSPS) is 11.8. The molecule has 0 bridgehead atoms. The van der Waals surface area contributed by atoms with E-state index in [2.05, 4.69) is 31.1 Å². The van der Waals surface area contributed by atoms with Crippen molar-refractivity contribution >= 4 is 0 Å². The maximum atomic E-state index is 9.33. The zero-order valence-corrected chi connectivity index (χ0v) is 10.4. The molecule has 1 N–H and O–H groups in total. The first-order chi connectivity index (χ1) is 8.04. The van der Waals surface area contributed by atoms with Crippen LogP contribution in [0.15, 0.2) is 30.3 Å². The summed E-state index contributed by atoms with van der Waals surface area (Å²) in [5.74, 6) is 0. The van der Waals surface area contributed by atoms with E-state index < -0.39 is 0 Å². The standard InChI is InChI=1S/C13H17N3O/c1-13(2,3)12-11(9-17)14-15-16(12)10-7-5-4-6-8-10/h4-8,17H,9H2,1-3H3. The van der Waals surface area contributed by atoms with Crippen LogP contribution >= 0.6 is 0 Å². The summed E-state index contributed by atoms with van der Waals surface area (Å²) >= 11 is 0. The third-order valence-corrected chi connectivity index (χ3v) is 2.60. The van der Waals surface area contributed by atoms with Crippen LogP contribution in [-0.2, 0) is 12.0 Å². The van der Waals surface area contributed by atoms with Crippen LogP contribution in [0.4, 0.5) is 0 Å². The van der Waals surface area contributed by atoms with Gasteiger partial charge < -0.3 is 5.11 Å². The maximum Gasteiger partial charge on any atom is 0.112 e. The lowest BCUT2D eigenvalue weighted by molar-refractivity contribution is 0.273. The number of rotatable bonds is 2. The fourth-order valence-corrected chi connectivity index (χ4v) is 1.92. The lowest BCUT2D eigenvalue weighted by Crippen LogP contribution is -2.19. The van der Waals surface area contributed by atoms with Gasteiger partial charge in [0.15, 0.2) is 0 Å². The van der Waals surface area contributed by atoms with Crippen molar-refractivity contribution in [1.29, 1.82) is 0 Å². The van der Waals surface area contributed by atoms with Crippen LogP contribution in [0.25, 0.3) is 5.69 Å². The summed E-state index contributed by atoms with van der Waals surface area (Å²) in [6, 6.07) is 9.84. The number of aromatic nitrogens is 3. The van der Waals surface area contributed by atoms with Crippen molar-refractivity contribution in [2.75, 3.05) is 0 Å². The number of hydrogen-bond acceptors (Lipinski definition) is 3. The van der Waals surface area contributed by atoms with Gasteiger partial charge in [0.2, 0.25) is 0 Å². The SMILES string of the molecule is CC(C)(C)c1c(CO)nnn1-c1ccccc1. The Morgan fingerprint density at radius 3 is 2.35 bits per heavy atom. The molecule has 0 spiro atoms. The topological polar surface area (TPSA) is 50.9 Å². The summed E-state index contributed by atoms with van der Waals surface area (Å²) in [4.78, 5) is 0. The Labute approximate surface area is 101 Å². The predicted octanol–water partition coefficient (Wildman–Crippen LogP) is 2.06. The fraction of sp³-hybridized carbons (Fsp3) is 0.385. The van der Waals surface area contributed by atoms with Crippen molar-refractivity contribution in [2.24, 2.45) is 0 Å². The van der Waals surface area contributed by atoms with Gasteiger partial charge in [-0.15, -0.1) is 5.10 Å². The minimum absolute atomic E-state index is 0.0839. The number of hydrogen-bond donors (Lipinski definition) is 1. The first-order valence-electron chi connectivity index (χ1n) is 5.65. The number of para-hydroxylation sites is 1. The molecule has 0 aliphatic heterocycles. The van der Waals surface area contributed by atoms with Crippen LogP contribution in [-0.4, -0.2) is 20.1 Å². The van der Waals surface area contributed by atoms with Crippen molar-refractivity contribution in [1.82, 2.24) is 15.0 Å². The molecule has 0 aliphatic rings. The van der Waals surface area contributed by atoms with Crippen LogP contribution in [0.2, 0.25) is 0 Å². The third-order valence-electron chi connectivity index (χ3n) is 2.60. The van der Waals surface area contributed by atoms with E-state index in [1.54, 1.807) is 4.68 Å². The zero-order chi connectivity index (χ0) is 12.5. The first kappa shape index (κ1) is 11.8. The molecule has 17 heavy (non-hydrogen) atoms. The summed E-state index contributed by atoms with van der Waals surface area (Å²) in [5, 5.41) is 17.5. The highest BCUT2D eigenvalue weighted by Gasteiger charge is 2.25. The van der Waals surface area contributed by atoms with E-state index in [0.717, 1.165) is 11.4 Å². The van der Waals surface area contributed by atoms with Crippen LogP contribution in [0.3, 0.4) is 0 Å². The molecule has 0 saturated carbocycles. The smallest absolute Gasteiger partial charge is 0.112 e. The molecule has 0 radical (unpaired) electrons. The van der Waals surface area contributed by atoms with Crippen molar-refractivity contribution < 1.29 is 5.11 Å². The molecule has 0 fully saturated rings. The van der Waals surface area contributed by atoms with Gasteiger partial charge in [-0.05, 0) is 12.1 Å². The molecule has 1 aromatic heterocycles. The molecule has 4 nitrogen and oxygen atoms in total. The summed E-state index contributed by atoms with van der Waals surface area (Å²) in [7, 11) is 0. The number of nitrogens with zero attached hydrogens (tertiary/aromatic N) is 3. The van der Waals surface area contributed by atoms with E-state index in [4.69, 9.17) is 0 Å². The van der Waals surface area contributed by atoms with Crippen LogP contribution < -0.4 is 0 Å². The Balaban J connectivity index is 2.60. The van der Waals surface area contributed by atoms with Gasteiger partial charge in [-0.2, -0.15) is 0 Å². The van der Waals surface area contributed by atoms with E-state index >= 15 is 0 Å². The molecule has 0 saturated heterocycles.